The van der Waals surface area contributed by atoms with E-state index >= 15 is 0 Å². The second kappa shape index (κ2) is 29.6. The standard InChI is InChI=1S/C18H24O4.C12H10N2O4.C12H12N2O2.C12H11NO2.C12H12O4.C12H14O2/c1-5-21-16(20)18(12-15(19)22-17(2,3)4)10-13-8-6-7-9-14(13)11-18;15-10-6-12(11(16)13-10)4-7-1-2-9(14(17)18)3-8(7)5-12;13-9-2-1-7-4-12(5-8(7)3-9)6-10(15)14-11(12)16;14-10-7-12(11(15)13-10)5-8-3-1-2-4-9(8)6-12;13-10(14)7-12(11(15)16)5-8-3-1-2-4-9(8)6-12;1-2-14-12(13)11-7-9-5-3-4-6-10(9)8-11/h6-9H,5,10-12H2,1-4H3;1-3H,4-6H2,(H,13,15,16);1-3H,4-6,13H2,(H,14,15,16);1-4H,5-7H2,(H,13,14,15);1-4H,5-7H2,(H,13,14)(H,15,16);3-6,11H,2,7-8H2,1H3. The van der Waals surface area contributed by atoms with Crippen LogP contribution in [0.5, 0.6) is 0 Å². The number of hydrogen-bond donors (Lipinski definition) is 6. The van der Waals surface area contributed by atoms with Crippen LogP contribution in [0.1, 0.15) is 133 Å². The van der Waals surface area contributed by atoms with Gasteiger partial charge in [0, 0.05) is 37.1 Å². The van der Waals surface area contributed by atoms with Crippen molar-refractivity contribution in [2.24, 2.45) is 33.0 Å². The summed E-state index contributed by atoms with van der Waals surface area (Å²) in [5.74, 6) is -3.79. The number of nitro benzene ring substituents is 1. The number of nitrogens with zero attached hydrogens (tertiary/aromatic N) is 1. The molecule has 0 bridgehead atoms. The number of aliphatic carboxylic acids is 2. The lowest BCUT2D eigenvalue weighted by molar-refractivity contribution is -0.384. The third-order valence-electron chi connectivity index (χ3n) is 20.2. The molecule has 6 amide bonds. The summed E-state index contributed by atoms with van der Waals surface area (Å²) in [5.41, 5.74) is 15.3. The van der Waals surface area contributed by atoms with Gasteiger partial charge < -0.3 is 30.2 Å². The topological polar surface area (TPSA) is 361 Å². The van der Waals surface area contributed by atoms with Crippen molar-refractivity contribution in [1.82, 2.24) is 16.0 Å². The summed E-state index contributed by atoms with van der Waals surface area (Å²) in [4.78, 5) is 138. The molecule has 3 aliphatic heterocycles. The first-order valence-electron chi connectivity index (χ1n) is 33.8. The maximum Gasteiger partial charge on any atom is 0.313 e. The van der Waals surface area contributed by atoms with Crippen LogP contribution in [0, 0.1) is 43.1 Å². The third-order valence-corrected chi connectivity index (χ3v) is 20.2. The van der Waals surface area contributed by atoms with Gasteiger partial charge in [0.1, 0.15) is 5.60 Å². The van der Waals surface area contributed by atoms with Crippen molar-refractivity contribution >= 4 is 76.7 Å². The van der Waals surface area contributed by atoms with Crippen LogP contribution >= 0.6 is 0 Å². The molecular weight excluding hydrogens is 1290 g/mol. The molecule has 0 radical (unpaired) electrons. The predicted octanol–water partition coefficient (Wildman–Crippen LogP) is 8.31. The fraction of sp³-hybridized carbons (Fsp3) is 0.397. The first kappa shape index (κ1) is 73.0. The Morgan fingerprint density at radius 1 is 0.485 bits per heavy atom. The molecular formula is C78H83N5O18. The summed E-state index contributed by atoms with van der Waals surface area (Å²) in [6.07, 6.45) is 7.51. The van der Waals surface area contributed by atoms with Crippen molar-refractivity contribution in [2.75, 3.05) is 18.9 Å². The van der Waals surface area contributed by atoms with Gasteiger partial charge in [-0.1, -0.05) is 109 Å². The maximum atomic E-state index is 12.5. The zero-order valence-corrected chi connectivity index (χ0v) is 57.2. The van der Waals surface area contributed by atoms with Gasteiger partial charge in [0.2, 0.25) is 35.4 Å². The number of carbonyl (C=O) groups is 11. The zero-order chi connectivity index (χ0) is 72.8. The number of carbonyl (C=O) groups excluding carboxylic acids is 9. The Kier molecular flexibility index (Phi) is 21.4. The number of hydrogen-bond acceptors (Lipinski definition) is 17. The quantitative estimate of drug-likeness (QED) is 0.0187. The number of nitrogens with two attached hydrogens (primary N) is 1. The Labute approximate surface area is 583 Å². The number of nitrogens with one attached hydrogen (secondary N) is 3. The number of esters is 3. The highest BCUT2D eigenvalue weighted by Gasteiger charge is 2.53. The monoisotopic (exact) mass is 1380 g/mol. The van der Waals surface area contributed by atoms with E-state index in [1.54, 1.807) is 13.0 Å². The maximum absolute atomic E-state index is 12.5. The van der Waals surface area contributed by atoms with Crippen LogP contribution < -0.4 is 21.7 Å². The lowest BCUT2D eigenvalue weighted by Crippen LogP contribution is -2.38. The van der Waals surface area contributed by atoms with Crippen LogP contribution in [0.4, 0.5) is 11.4 Å². The number of carboxylic acid groups (broad SMARTS) is 2. The van der Waals surface area contributed by atoms with E-state index in [-0.39, 0.29) is 84.2 Å². The fourth-order valence-electron chi connectivity index (χ4n) is 15.5. The van der Waals surface area contributed by atoms with Gasteiger partial charge in [0.05, 0.1) is 64.0 Å². The molecule has 6 aromatic rings. The average Bonchev–Trinajstić information content (AvgIpc) is 1.63. The number of amides is 6. The molecule has 3 saturated heterocycles. The molecule has 0 aromatic heterocycles. The van der Waals surface area contributed by atoms with Crippen molar-refractivity contribution in [1.29, 1.82) is 0 Å². The molecule has 9 aliphatic rings. The minimum atomic E-state index is -1.16. The first-order chi connectivity index (χ1) is 47.9. The van der Waals surface area contributed by atoms with Crippen molar-refractivity contribution in [3.8, 4) is 0 Å². The number of nitrogen functional groups attached to an aromatic ring is 1. The van der Waals surface area contributed by atoms with Crippen LogP contribution in [0.15, 0.2) is 133 Å². The number of non-ortho nitro benzene ring substituents is 1. The third kappa shape index (κ3) is 16.5. The normalized spacial score (nSPS) is 20.3. The smallest absolute Gasteiger partial charge is 0.313 e. The van der Waals surface area contributed by atoms with E-state index in [1.165, 1.54) is 34.4 Å². The van der Waals surface area contributed by atoms with E-state index < -0.39 is 49.5 Å². The summed E-state index contributed by atoms with van der Waals surface area (Å²) in [6.45, 7) is 9.89. The number of anilines is 1. The molecule has 15 rings (SSSR count). The molecule has 3 heterocycles. The predicted molar refractivity (Wildman–Crippen MR) is 367 cm³/mol. The average molecular weight is 1380 g/mol. The molecule has 23 heteroatoms. The van der Waals surface area contributed by atoms with Gasteiger partial charge in [-0.25, -0.2) is 0 Å². The molecule has 101 heavy (non-hydrogen) atoms. The number of fused-ring (bicyclic) bond motifs is 6. The Morgan fingerprint density at radius 2 is 0.842 bits per heavy atom. The van der Waals surface area contributed by atoms with Gasteiger partial charge in [-0.2, -0.15) is 0 Å². The van der Waals surface area contributed by atoms with Crippen LogP contribution in [0.25, 0.3) is 0 Å². The Hall–Kier alpha value is -10.7. The van der Waals surface area contributed by atoms with E-state index in [4.69, 9.17) is 25.1 Å². The minimum absolute atomic E-state index is 0.0236. The van der Waals surface area contributed by atoms with Crippen molar-refractivity contribution in [2.45, 2.75) is 149 Å². The van der Waals surface area contributed by atoms with E-state index in [2.05, 4.69) is 28.1 Å². The molecule has 2 unspecified atom stereocenters. The van der Waals surface area contributed by atoms with Gasteiger partial charge in [0.25, 0.3) is 5.69 Å². The summed E-state index contributed by atoms with van der Waals surface area (Å²) >= 11 is 0. The molecule has 6 aromatic carbocycles. The number of carboxylic acids is 2. The molecule has 3 spiro atoms. The summed E-state index contributed by atoms with van der Waals surface area (Å²) < 4.78 is 15.7. The van der Waals surface area contributed by atoms with Gasteiger partial charge in [-0.05, 0) is 191 Å². The zero-order valence-electron chi connectivity index (χ0n) is 57.2. The summed E-state index contributed by atoms with van der Waals surface area (Å²) in [7, 11) is 0. The number of ether oxygens (including phenoxy) is 3. The highest BCUT2D eigenvalue weighted by molar-refractivity contribution is 6.08. The number of imide groups is 3. The first-order valence-corrected chi connectivity index (χ1v) is 33.8. The van der Waals surface area contributed by atoms with Crippen molar-refractivity contribution in [3.63, 3.8) is 0 Å². The highest BCUT2D eigenvalue weighted by Crippen LogP contribution is 2.47. The van der Waals surface area contributed by atoms with Crippen LogP contribution in [0.3, 0.4) is 0 Å². The number of benzene rings is 6. The fourth-order valence-corrected chi connectivity index (χ4v) is 15.5. The van der Waals surface area contributed by atoms with Crippen LogP contribution in [0.2, 0.25) is 0 Å². The van der Waals surface area contributed by atoms with Crippen LogP contribution in [-0.2, 0) is 144 Å². The second-order valence-corrected chi connectivity index (χ2v) is 28.9. The molecule has 6 aliphatic carbocycles. The molecule has 0 saturated carbocycles. The highest BCUT2D eigenvalue weighted by atomic mass is 16.6. The second-order valence-electron chi connectivity index (χ2n) is 28.9. The molecule has 528 valence electrons. The summed E-state index contributed by atoms with van der Waals surface area (Å²) in [5, 5.41) is 35.8. The lowest BCUT2D eigenvalue weighted by atomic mass is 9.81. The van der Waals surface area contributed by atoms with Gasteiger partial charge >= 0.3 is 29.8 Å². The Morgan fingerprint density at radius 3 is 1.20 bits per heavy atom. The lowest BCUT2D eigenvalue weighted by Gasteiger charge is -2.28. The number of nitro groups is 1. The van der Waals surface area contributed by atoms with Gasteiger partial charge in [0.15, 0.2) is 0 Å². The van der Waals surface area contributed by atoms with E-state index in [0.29, 0.717) is 96.0 Å². The minimum Gasteiger partial charge on any atom is -0.481 e. The Balaban J connectivity index is 0.000000131. The largest absolute Gasteiger partial charge is 0.481 e. The van der Waals surface area contributed by atoms with E-state index in [0.717, 1.165) is 57.3 Å². The van der Waals surface area contributed by atoms with Gasteiger partial charge in [-0.3, -0.25) is 78.8 Å². The summed E-state index contributed by atoms with van der Waals surface area (Å²) in [6, 6.07) is 41.9. The molecule has 23 nitrogen and oxygen atoms in total. The van der Waals surface area contributed by atoms with Gasteiger partial charge in [-0.15, -0.1) is 0 Å². The molecule has 3 fully saturated rings. The number of rotatable bonds is 10. The molecule has 7 N–H and O–H groups in total. The van der Waals surface area contributed by atoms with Crippen molar-refractivity contribution < 1.29 is 82.1 Å². The Bertz CT molecular complexity index is 4240. The van der Waals surface area contributed by atoms with E-state index in [1.807, 2.05) is 131 Å². The SMILES string of the molecule is CCOC(=O)C1(CC(=O)OC(C)(C)C)Cc2ccccc2C1.CCOC(=O)C1Cc2ccccc2C1.Nc1ccc2c(c1)CC1(CC(=O)NC1=O)C2.O=C(O)CC1(C(=O)O)Cc2ccccc2C1.O=C1CC2(Cc3ccc([N+](=O)[O-])cc3C2)C(=O)N1.O=C1CC2(Cc3ccccc3C2)C(=O)N1. The van der Waals surface area contributed by atoms with Crippen LogP contribution in [-0.4, -0.2) is 99.2 Å². The van der Waals surface area contributed by atoms with Crippen molar-refractivity contribution in [3.05, 3.63) is 210 Å². The van der Waals surface area contributed by atoms with E-state index in [9.17, 15) is 68.0 Å². The molecule has 2 atom stereocenters.